The smallest absolute Gasteiger partial charge is 0.328 e. The van der Waals surface area contributed by atoms with Crippen LogP contribution in [0.5, 0.6) is 0 Å². The fourth-order valence-electron chi connectivity index (χ4n) is 10.7. The molecule has 0 aromatic rings. The van der Waals surface area contributed by atoms with E-state index < -0.39 is 11.4 Å². The van der Waals surface area contributed by atoms with E-state index in [1.807, 2.05) is 6.08 Å². The number of ketones is 1. The van der Waals surface area contributed by atoms with Crippen molar-refractivity contribution in [2.24, 2.45) is 51.2 Å². The molecule has 9 atom stereocenters. The number of aliphatic hydroxyl groups is 1. The van der Waals surface area contributed by atoms with E-state index in [4.69, 9.17) is 0 Å². The fraction of sp³-hybridized carbons (Fsp3) is 0.806. The van der Waals surface area contributed by atoms with E-state index in [1.165, 1.54) is 30.9 Å². The van der Waals surface area contributed by atoms with Crippen LogP contribution in [0.15, 0.2) is 23.3 Å². The first-order valence-electron chi connectivity index (χ1n) is 14.2. The molecule has 1 unspecified atom stereocenters. The molecule has 0 radical (unpaired) electrons. The summed E-state index contributed by atoms with van der Waals surface area (Å²) >= 11 is 0. The van der Waals surface area contributed by atoms with Gasteiger partial charge in [-0.05, 0) is 108 Å². The van der Waals surface area contributed by atoms with Gasteiger partial charge in [-0.3, -0.25) is 4.79 Å². The van der Waals surface area contributed by atoms with Crippen LogP contribution in [0.3, 0.4) is 0 Å². The number of rotatable bonds is 3. The van der Waals surface area contributed by atoms with Crippen molar-refractivity contribution in [2.75, 3.05) is 0 Å². The third kappa shape index (κ3) is 3.27. The molecule has 5 aliphatic rings. The highest BCUT2D eigenvalue weighted by Crippen LogP contribution is 2.75. The number of carbonyl (C=O) groups excluding carboxylic acids is 1. The highest BCUT2D eigenvalue weighted by molar-refractivity contribution is 6.01. The number of aliphatic carboxylic acids is 1. The lowest BCUT2D eigenvalue weighted by molar-refractivity contribution is -0.209. The first-order chi connectivity index (χ1) is 16.3. The molecule has 4 heteroatoms. The van der Waals surface area contributed by atoms with Gasteiger partial charge in [-0.25, -0.2) is 4.79 Å². The van der Waals surface area contributed by atoms with Gasteiger partial charge in [0.1, 0.15) is 0 Å². The van der Waals surface area contributed by atoms with E-state index in [9.17, 15) is 19.8 Å². The largest absolute Gasteiger partial charge is 0.478 e. The third-order valence-electron chi connectivity index (χ3n) is 12.6. The maximum Gasteiger partial charge on any atom is 0.328 e. The van der Waals surface area contributed by atoms with Gasteiger partial charge in [-0.1, -0.05) is 47.6 Å². The van der Waals surface area contributed by atoms with Crippen molar-refractivity contribution in [3.05, 3.63) is 23.3 Å². The van der Waals surface area contributed by atoms with E-state index in [1.54, 1.807) is 0 Å². The Morgan fingerprint density at radius 2 is 1.71 bits per heavy atom. The fourth-order valence-corrected chi connectivity index (χ4v) is 10.7. The average molecular weight is 483 g/mol. The monoisotopic (exact) mass is 482 g/mol. The van der Waals surface area contributed by atoms with E-state index in [2.05, 4.69) is 41.5 Å². The van der Waals surface area contributed by atoms with Crippen LogP contribution in [0.25, 0.3) is 0 Å². The molecule has 0 aromatic carbocycles. The summed E-state index contributed by atoms with van der Waals surface area (Å²) in [6.07, 6.45) is 12.1. The summed E-state index contributed by atoms with van der Waals surface area (Å²) < 4.78 is 0. The molecule has 5 aliphatic carbocycles. The zero-order valence-corrected chi connectivity index (χ0v) is 22.7. The molecule has 2 N–H and O–H groups in total. The number of Topliss-reactive ketones (excluding diaryl/α,β-unsaturated/α-hetero) is 1. The average Bonchev–Trinajstić information content (AvgIpc) is 3.08. The Balaban J connectivity index is 1.60. The lowest BCUT2D eigenvalue weighted by atomic mass is 9.34. The summed E-state index contributed by atoms with van der Waals surface area (Å²) in [5.74, 6) is 1.41. The van der Waals surface area contributed by atoms with Crippen LogP contribution in [0, 0.1) is 51.2 Å². The summed E-state index contributed by atoms with van der Waals surface area (Å²) in [4.78, 5) is 24.9. The second-order valence-corrected chi connectivity index (χ2v) is 14.0. The van der Waals surface area contributed by atoms with Crippen LogP contribution in [0.2, 0.25) is 0 Å². The summed E-state index contributed by atoms with van der Waals surface area (Å²) in [5, 5.41) is 20.1. The van der Waals surface area contributed by atoms with Crippen molar-refractivity contribution < 1.29 is 19.8 Å². The first-order valence-corrected chi connectivity index (χ1v) is 14.2. The van der Waals surface area contributed by atoms with Crippen LogP contribution < -0.4 is 0 Å². The van der Waals surface area contributed by atoms with E-state index in [0.717, 1.165) is 37.7 Å². The van der Waals surface area contributed by atoms with Crippen LogP contribution in [0.1, 0.15) is 99.3 Å². The van der Waals surface area contributed by atoms with E-state index in [0.29, 0.717) is 30.1 Å². The highest BCUT2D eigenvalue weighted by Gasteiger charge is 2.68. The molecule has 0 amide bonds. The maximum absolute atomic E-state index is 13.4. The number of carboxylic acids is 1. The third-order valence-corrected chi connectivity index (χ3v) is 12.6. The Morgan fingerprint density at radius 1 is 1.00 bits per heavy atom. The number of carboxylic acid groups (broad SMARTS) is 1. The molecule has 0 aliphatic heterocycles. The molecule has 194 valence electrons. The molecule has 0 spiro atoms. The second kappa shape index (κ2) is 8.04. The van der Waals surface area contributed by atoms with Crippen molar-refractivity contribution in [1.82, 2.24) is 0 Å². The Morgan fingerprint density at radius 3 is 2.37 bits per heavy atom. The van der Waals surface area contributed by atoms with Crippen molar-refractivity contribution in [2.45, 2.75) is 105 Å². The maximum atomic E-state index is 13.4. The summed E-state index contributed by atoms with van der Waals surface area (Å²) in [7, 11) is 0. The van der Waals surface area contributed by atoms with Gasteiger partial charge in [0.25, 0.3) is 0 Å². The minimum atomic E-state index is -0.923. The lowest BCUT2D eigenvalue weighted by Gasteiger charge is -2.71. The number of aliphatic hydroxyl groups excluding tert-OH is 1. The Hall–Kier alpha value is -1.42. The Labute approximate surface area is 211 Å². The number of fused-ring (bicyclic) bond motifs is 7. The van der Waals surface area contributed by atoms with Gasteiger partial charge in [-0.2, -0.15) is 0 Å². The normalized spacial score (nSPS) is 49.6. The quantitative estimate of drug-likeness (QED) is 0.446. The van der Waals surface area contributed by atoms with Crippen LogP contribution in [0.4, 0.5) is 0 Å². The van der Waals surface area contributed by atoms with Gasteiger partial charge in [0.05, 0.1) is 6.10 Å². The Bertz CT molecular complexity index is 992. The molecule has 5 rings (SSSR count). The van der Waals surface area contributed by atoms with Gasteiger partial charge >= 0.3 is 5.97 Å². The minimum absolute atomic E-state index is 0.101. The molecule has 0 aromatic heterocycles. The van der Waals surface area contributed by atoms with Crippen molar-refractivity contribution in [3.63, 3.8) is 0 Å². The predicted molar refractivity (Wildman–Crippen MR) is 138 cm³/mol. The number of allylic oxidation sites excluding steroid dienone is 3. The summed E-state index contributed by atoms with van der Waals surface area (Å²) in [5.41, 5.74) is 2.46. The molecule has 4 saturated carbocycles. The molecule has 0 saturated heterocycles. The van der Waals surface area contributed by atoms with Crippen molar-refractivity contribution in [1.29, 1.82) is 0 Å². The SMILES string of the molecule is CC(C)C1=C2[C@H]3CC[C@@H]4[C@@]5(C)CC[C@H](O)C(C)[C@@H]5CC[C@@]4(C)[C@]3(C)CC[C@@]2(/C=C/C(=O)O)CC1=O. The summed E-state index contributed by atoms with van der Waals surface area (Å²) in [6, 6.07) is 0. The zero-order chi connectivity index (χ0) is 25.6. The highest BCUT2D eigenvalue weighted by atomic mass is 16.4. The van der Waals surface area contributed by atoms with Gasteiger partial charge in [0.2, 0.25) is 0 Å². The van der Waals surface area contributed by atoms with E-state index in [-0.39, 0.29) is 34.1 Å². The number of carbonyl (C=O) groups is 2. The first kappa shape index (κ1) is 25.2. The molecule has 0 bridgehead atoms. The molecular formula is C31H46O4. The van der Waals surface area contributed by atoms with Crippen molar-refractivity contribution in [3.8, 4) is 0 Å². The lowest BCUT2D eigenvalue weighted by Crippen LogP contribution is -2.64. The number of hydrogen-bond donors (Lipinski definition) is 2. The van der Waals surface area contributed by atoms with Gasteiger partial charge < -0.3 is 10.2 Å². The van der Waals surface area contributed by atoms with Crippen LogP contribution in [-0.4, -0.2) is 28.1 Å². The standard InChI is InChI=1S/C31H46O4/c1-18(2)26-23(33)17-31(14-11-25(34)35)16-15-29(5)21(27(26)31)7-8-24-28(4)12-10-22(32)19(3)20(28)9-13-30(24,29)6/h11,14,18-22,24,32H,7-10,12-13,15-17H2,1-6H3,(H,34,35)/b14-11+/t19?,20-,21+,22-,24+,28-,29+,30+,31-/m0/s1. The second-order valence-electron chi connectivity index (χ2n) is 14.0. The van der Waals surface area contributed by atoms with Gasteiger partial charge in [0.15, 0.2) is 5.78 Å². The van der Waals surface area contributed by atoms with Crippen LogP contribution >= 0.6 is 0 Å². The molecule has 4 fully saturated rings. The molecular weight excluding hydrogens is 436 g/mol. The van der Waals surface area contributed by atoms with E-state index >= 15 is 0 Å². The van der Waals surface area contributed by atoms with Gasteiger partial charge in [-0.15, -0.1) is 0 Å². The predicted octanol–water partition coefficient (Wildman–Crippen LogP) is 6.58. The van der Waals surface area contributed by atoms with Gasteiger partial charge in [0, 0.05) is 17.9 Å². The summed E-state index contributed by atoms with van der Waals surface area (Å²) in [6.45, 7) is 14.2. The topological polar surface area (TPSA) is 74.6 Å². The molecule has 4 nitrogen and oxygen atoms in total. The number of hydrogen-bond acceptors (Lipinski definition) is 3. The van der Waals surface area contributed by atoms with Crippen LogP contribution in [-0.2, 0) is 9.59 Å². The zero-order valence-electron chi connectivity index (χ0n) is 22.7. The molecule has 0 heterocycles. The minimum Gasteiger partial charge on any atom is -0.478 e. The molecule has 35 heavy (non-hydrogen) atoms. The Kier molecular flexibility index (Phi) is 5.80. The van der Waals surface area contributed by atoms with Crippen molar-refractivity contribution >= 4 is 11.8 Å².